The van der Waals surface area contributed by atoms with Crippen LogP contribution in [0.5, 0.6) is 5.88 Å². The number of pyridine rings is 1. The summed E-state index contributed by atoms with van der Waals surface area (Å²) in [4.78, 5) is 28.8. The Morgan fingerprint density at radius 1 is 1.26 bits per heavy atom. The van der Waals surface area contributed by atoms with E-state index in [1.54, 1.807) is 19.2 Å². The number of aromatic amines is 1. The Balaban J connectivity index is 1.30. The Kier molecular flexibility index (Phi) is 5.43. The summed E-state index contributed by atoms with van der Waals surface area (Å²) < 4.78 is 6.08. The van der Waals surface area contributed by atoms with E-state index >= 15 is 0 Å². The Morgan fingerprint density at radius 2 is 2.06 bits per heavy atom. The molecule has 8 nitrogen and oxygen atoms in total. The van der Waals surface area contributed by atoms with Crippen molar-refractivity contribution in [1.29, 1.82) is 5.26 Å². The molecule has 0 atom stereocenters. The van der Waals surface area contributed by atoms with E-state index < -0.39 is 11.0 Å². The van der Waals surface area contributed by atoms with Crippen molar-refractivity contribution in [2.24, 2.45) is 0 Å². The van der Waals surface area contributed by atoms with Gasteiger partial charge in [0.2, 0.25) is 5.88 Å². The van der Waals surface area contributed by atoms with Gasteiger partial charge in [0.15, 0.2) is 0 Å². The van der Waals surface area contributed by atoms with Gasteiger partial charge in [0.05, 0.1) is 28.9 Å². The van der Waals surface area contributed by atoms with E-state index in [0.717, 1.165) is 35.0 Å². The minimum atomic E-state index is -0.621. The molecule has 34 heavy (non-hydrogen) atoms. The lowest BCUT2D eigenvalue weighted by atomic mass is 9.59. The van der Waals surface area contributed by atoms with Crippen molar-refractivity contribution >= 4 is 22.8 Å². The van der Waals surface area contributed by atoms with Gasteiger partial charge in [0.25, 0.3) is 0 Å². The summed E-state index contributed by atoms with van der Waals surface area (Å²) in [5.41, 5.74) is 2.74. The molecule has 3 aromatic rings. The normalized spacial score (nSPS) is 22.2. The summed E-state index contributed by atoms with van der Waals surface area (Å²) in [7, 11) is 0. The molecule has 0 spiro atoms. The molecule has 0 radical (unpaired) electrons. The van der Waals surface area contributed by atoms with Crippen LogP contribution in [-0.4, -0.2) is 38.5 Å². The summed E-state index contributed by atoms with van der Waals surface area (Å²) in [6, 6.07) is 13.8. The Morgan fingerprint density at radius 3 is 2.76 bits per heavy atom. The van der Waals surface area contributed by atoms with Crippen LogP contribution in [0.3, 0.4) is 0 Å². The number of carbonyl (C=O) groups excluding carboxylic acids is 2. The highest BCUT2D eigenvalue weighted by Crippen LogP contribution is 2.47. The van der Waals surface area contributed by atoms with E-state index in [2.05, 4.69) is 26.6 Å². The van der Waals surface area contributed by atoms with Crippen LogP contribution in [0.25, 0.3) is 11.0 Å². The van der Waals surface area contributed by atoms with Crippen molar-refractivity contribution < 1.29 is 14.3 Å². The zero-order chi connectivity index (χ0) is 23.8. The topological polar surface area (TPSA) is 121 Å². The molecule has 0 bridgehead atoms. The highest BCUT2D eigenvalue weighted by atomic mass is 16.5. The van der Waals surface area contributed by atoms with E-state index in [9.17, 15) is 14.9 Å². The van der Waals surface area contributed by atoms with Crippen LogP contribution in [0, 0.1) is 11.3 Å². The molecule has 0 aliphatic heterocycles. The maximum absolute atomic E-state index is 12.9. The first-order chi connectivity index (χ1) is 16.5. The van der Waals surface area contributed by atoms with Crippen molar-refractivity contribution in [3.63, 3.8) is 0 Å². The summed E-state index contributed by atoms with van der Waals surface area (Å²) in [5, 5.41) is 19.2. The average molecular weight is 456 g/mol. The van der Waals surface area contributed by atoms with Crippen LogP contribution in [-0.2, 0) is 21.4 Å². The number of benzene rings is 1. The van der Waals surface area contributed by atoms with Crippen LogP contribution in [0.2, 0.25) is 0 Å². The van der Waals surface area contributed by atoms with Crippen molar-refractivity contribution in [1.82, 2.24) is 20.5 Å². The largest absolute Gasteiger partial charge is 0.474 e. The molecule has 2 N–H and O–H groups in total. The number of hydrogen-bond acceptors (Lipinski definition) is 7. The van der Waals surface area contributed by atoms with Gasteiger partial charge in [0.1, 0.15) is 28.9 Å². The van der Waals surface area contributed by atoms with Gasteiger partial charge in [-0.15, -0.1) is 0 Å². The summed E-state index contributed by atoms with van der Waals surface area (Å²) in [6.45, 7) is 1.63. The number of fused-ring (bicyclic) bond motifs is 1. The minimum Gasteiger partial charge on any atom is -0.474 e. The molecular weight excluding hydrogens is 430 g/mol. The molecule has 2 aromatic heterocycles. The molecule has 2 saturated carbocycles. The average Bonchev–Trinajstić information content (AvgIpc) is 3.44. The third-order valence-electron chi connectivity index (χ3n) is 7.04. The molecular formula is C26H25N5O3. The predicted octanol–water partition coefficient (Wildman–Crippen LogP) is 3.32. The van der Waals surface area contributed by atoms with Crippen LogP contribution in [0.4, 0.5) is 0 Å². The van der Waals surface area contributed by atoms with Gasteiger partial charge in [-0.05, 0) is 43.4 Å². The minimum absolute atomic E-state index is 0.101. The SMILES string of the molecule is CC(=O)C1(c2ccccc2CCC(=C=O)NC2(C#N)CC2)CC(Oc2ccc3[nH]ncc3n2)C1. The van der Waals surface area contributed by atoms with E-state index in [1.165, 1.54) is 0 Å². The number of aryl methyl sites for hydroxylation is 1. The number of ether oxygens (including phenoxy) is 1. The number of ketones is 1. The molecule has 2 aliphatic rings. The Labute approximate surface area is 197 Å². The summed E-state index contributed by atoms with van der Waals surface area (Å²) >= 11 is 0. The number of nitriles is 1. The predicted molar refractivity (Wildman–Crippen MR) is 125 cm³/mol. The highest BCUT2D eigenvalue weighted by molar-refractivity contribution is 5.90. The van der Waals surface area contributed by atoms with Crippen molar-refractivity contribution in [2.75, 3.05) is 0 Å². The van der Waals surface area contributed by atoms with Gasteiger partial charge < -0.3 is 10.1 Å². The lowest BCUT2D eigenvalue weighted by molar-refractivity contribution is -0.129. The zero-order valence-corrected chi connectivity index (χ0v) is 18.9. The van der Waals surface area contributed by atoms with Crippen LogP contribution >= 0.6 is 0 Å². The molecule has 2 aliphatic carbocycles. The number of nitrogens with one attached hydrogen (secondary N) is 2. The number of nitrogens with zero attached hydrogens (tertiary/aromatic N) is 3. The molecule has 5 rings (SSSR count). The van der Waals surface area contributed by atoms with Crippen molar-refractivity contribution in [3.8, 4) is 11.9 Å². The van der Waals surface area contributed by atoms with Crippen molar-refractivity contribution in [2.45, 2.75) is 62.5 Å². The number of H-pyrrole nitrogens is 1. The van der Waals surface area contributed by atoms with E-state index in [-0.39, 0.29) is 11.9 Å². The second-order valence-electron chi connectivity index (χ2n) is 9.30. The van der Waals surface area contributed by atoms with E-state index in [1.807, 2.05) is 36.3 Å². The maximum atomic E-state index is 12.9. The highest BCUT2D eigenvalue weighted by Gasteiger charge is 2.51. The monoisotopic (exact) mass is 455 g/mol. The number of allylic oxidation sites excluding steroid dienone is 1. The van der Waals surface area contributed by atoms with Gasteiger partial charge in [-0.3, -0.25) is 9.89 Å². The fourth-order valence-corrected chi connectivity index (χ4v) is 4.83. The third kappa shape index (κ3) is 3.95. The number of carbonyl (C=O) groups is 1. The van der Waals surface area contributed by atoms with E-state index in [0.29, 0.717) is 37.3 Å². The van der Waals surface area contributed by atoms with Gasteiger partial charge in [-0.2, -0.15) is 10.4 Å². The van der Waals surface area contributed by atoms with E-state index in [4.69, 9.17) is 4.74 Å². The number of aromatic nitrogens is 3. The summed E-state index contributed by atoms with van der Waals surface area (Å²) in [6.07, 6.45) is 5.16. The number of rotatable bonds is 9. The van der Waals surface area contributed by atoms with Gasteiger partial charge in [0, 0.05) is 25.3 Å². The standard InChI is InChI=1S/C26H25N5O3/c1-17(33)26(12-20(13-26)34-24-9-8-22-23(29-24)14-28-31-22)21-5-3-2-4-18(21)6-7-19(15-32)30-25(16-27)10-11-25/h2-5,8-9,14,20,30H,6-7,10-13H2,1H3,(H,28,31). The molecule has 8 heteroatoms. The fraction of sp³-hybridized carbons (Fsp3) is 0.385. The molecule has 1 aromatic carbocycles. The lowest BCUT2D eigenvalue weighted by Crippen LogP contribution is -2.52. The second kappa shape index (κ2) is 8.44. The smallest absolute Gasteiger partial charge is 0.214 e. The zero-order valence-electron chi connectivity index (χ0n) is 18.9. The van der Waals surface area contributed by atoms with Gasteiger partial charge in [-0.25, -0.2) is 9.78 Å². The van der Waals surface area contributed by atoms with Crippen LogP contribution < -0.4 is 10.1 Å². The number of Topliss-reactive ketones (excluding diaryl/α,β-unsaturated/α-hetero) is 1. The fourth-order valence-electron chi connectivity index (χ4n) is 4.83. The molecule has 2 fully saturated rings. The first-order valence-electron chi connectivity index (χ1n) is 11.5. The van der Waals surface area contributed by atoms with Crippen LogP contribution in [0.15, 0.2) is 48.3 Å². The van der Waals surface area contributed by atoms with Crippen LogP contribution in [0.1, 0.15) is 50.2 Å². The van der Waals surface area contributed by atoms with Gasteiger partial charge in [-0.1, -0.05) is 24.3 Å². The maximum Gasteiger partial charge on any atom is 0.214 e. The van der Waals surface area contributed by atoms with Gasteiger partial charge >= 0.3 is 0 Å². The first-order valence-corrected chi connectivity index (χ1v) is 11.5. The second-order valence-corrected chi connectivity index (χ2v) is 9.30. The lowest BCUT2D eigenvalue weighted by Gasteiger charge is -2.46. The molecule has 0 saturated heterocycles. The first kappa shape index (κ1) is 21.9. The number of hydrogen-bond donors (Lipinski definition) is 2. The Bertz CT molecular complexity index is 1340. The van der Waals surface area contributed by atoms with Crippen molar-refractivity contribution in [3.05, 3.63) is 59.4 Å². The summed E-state index contributed by atoms with van der Waals surface area (Å²) in [5.74, 6) is 2.58. The Hall–Kier alpha value is -3.95. The molecule has 172 valence electrons. The molecule has 2 heterocycles. The molecule has 0 unspecified atom stereocenters. The third-order valence-corrected chi connectivity index (χ3v) is 7.04. The quantitative estimate of drug-likeness (QED) is 0.475. The molecule has 0 amide bonds.